The topological polar surface area (TPSA) is 118 Å². The van der Waals surface area contributed by atoms with E-state index in [2.05, 4.69) is 5.32 Å². The highest BCUT2D eigenvalue weighted by atomic mass is 19.1. The lowest BCUT2D eigenvalue weighted by Crippen LogP contribution is -2.35. The van der Waals surface area contributed by atoms with Crippen molar-refractivity contribution in [2.45, 2.75) is 39.2 Å². The Labute approximate surface area is 219 Å². The van der Waals surface area contributed by atoms with Gasteiger partial charge < -0.3 is 16.0 Å². The van der Waals surface area contributed by atoms with Crippen LogP contribution < -0.4 is 21.5 Å². The van der Waals surface area contributed by atoms with Gasteiger partial charge in [0.05, 0.1) is 17.8 Å². The van der Waals surface area contributed by atoms with Gasteiger partial charge in [-0.15, -0.1) is 0 Å². The van der Waals surface area contributed by atoms with E-state index in [4.69, 9.17) is 5.73 Å². The molecule has 1 aromatic heterocycles. The Morgan fingerprint density at radius 2 is 1.89 bits per heavy atom. The normalized spacial score (nSPS) is 12.7. The molecule has 0 aliphatic heterocycles. The number of nitrogens with zero attached hydrogens (tertiary/aromatic N) is 3. The monoisotopic (exact) mass is 519 g/mol. The van der Waals surface area contributed by atoms with Crippen molar-refractivity contribution in [3.8, 4) is 0 Å². The number of aryl methyl sites for hydroxylation is 1. The number of anilines is 4. The van der Waals surface area contributed by atoms with Crippen LogP contribution in [0.5, 0.6) is 0 Å². The fraction of sp³-hybridized carbons (Fsp3) is 0.286. The van der Waals surface area contributed by atoms with E-state index in [0.717, 1.165) is 12.8 Å². The Hall–Kier alpha value is -4.47. The van der Waals surface area contributed by atoms with Crippen LogP contribution in [0.25, 0.3) is 0 Å². The van der Waals surface area contributed by atoms with Gasteiger partial charge in [-0.05, 0) is 62.1 Å². The van der Waals surface area contributed by atoms with E-state index in [0.29, 0.717) is 23.2 Å². The number of halogens is 1. The Balaban J connectivity index is 1.98. The number of carbonyl (C=O) groups excluding carboxylic acids is 3. The minimum absolute atomic E-state index is 0.0282. The number of rotatable bonds is 9. The zero-order valence-electron chi connectivity index (χ0n) is 21.7. The van der Waals surface area contributed by atoms with Gasteiger partial charge in [-0.3, -0.25) is 28.6 Å². The van der Waals surface area contributed by atoms with Crippen LogP contribution in [0.3, 0.4) is 0 Å². The van der Waals surface area contributed by atoms with E-state index in [-0.39, 0.29) is 40.8 Å². The van der Waals surface area contributed by atoms with Crippen LogP contribution in [-0.4, -0.2) is 40.8 Å². The van der Waals surface area contributed by atoms with Gasteiger partial charge in [0.1, 0.15) is 17.2 Å². The SMILES string of the molecule is Cc1ccc(Nc2c(C(=O)N(C)C3CC3)c(N(C=O)c3cccc(CC(N)=O)c3)c(C)c(=O)n2C)c(F)c1. The van der Waals surface area contributed by atoms with Gasteiger partial charge in [0.25, 0.3) is 11.5 Å². The summed E-state index contributed by atoms with van der Waals surface area (Å²) in [6.45, 7) is 3.28. The Morgan fingerprint density at radius 1 is 1.18 bits per heavy atom. The van der Waals surface area contributed by atoms with E-state index in [1.165, 1.54) is 35.6 Å². The molecule has 0 spiro atoms. The molecule has 0 saturated heterocycles. The first-order valence-corrected chi connectivity index (χ1v) is 12.2. The number of carbonyl (C=O) groups is 3. The van der Waals surface area contributed by atoms with Crippen molar-refractivity contribution < 1.29 is 18.8 Å². The second-order valence-corrected chi connectivity index (χ2v) is 9.61. The van der Waals surface area contributed by atoms with Crippen LogP contribution >= 0.6 is 0 Å². The highest BCUT2D eigenvalue weighted by molar-refractivity contribution is 6.09. The van der Waals surface area contributed by atoms with Crippen LogP contribution in [0.15, 0.2) is 47.3 Å². The molecule has 3 aromatic rings. The van der Waals surface area contributed by atoms with Crippen LogP contribution in [0.1, 0.15) is 39.9 Å². The van der Waals surface area contributed by atoms with Gasteiger partial charge in [-0.25, -0.2) is 4.39 Å². The zero-order valence-corrected chi connectivity index (χ0v) is 21.7. The summed E-state index contributed by atoms with van der Waals surface area (Å²) >= 11 is 0. The molecule has 2 aromatic carbocycles. The number of pyridine rings is 1. The number of nitrogens with two attached hydrogens (primary N) is 1. The van der Waals surface area contributed by atoms with Crippen molar-refractivity contribution in [2.75, 3.05) is 17.3 Å². The minimum atomic E-state index is -0.556. The van der Waals surface area contributed by atoms with Crippen LogP contribution in [-0.2, 0) is 23.1 Å². The summed E-state index contributed by atoms with van der Waals surface area (Å²) in [5.74, 6) is -1.47. The lowest BCUT2D eigenvalue weighted by molar-refractivity contribution is -0.117. The molecule has 1 aliphatic carbocycles. The lowest BCUT2D eigenvalue weighted by atomic mass is 10.0. The van der Waals surface area contributed by atoms with Crippen molar-refractivity contribution in [2.24, 2.45) is 12.8 Å². The average molecular weight is 520 g/mol. The Kier molecular flexibility index (Phi) is 7.34. The summed E-state index contributed by atoms with van der Waals surface area (Å²) in [6.07, 6.45) is 2.13. The number of primary amides is 1. The first kappa shape index (κ1) is 26.6. The molecule has 38 heavy (non-hydrogen) atoms. The van der Waals surface area contributed by atoms with Crippen molar-refractivity contribution in [1.29, 1.82) is 0 Å². The number of amides is 3. The van der Waals surface area contributed by atoms with Crippen LogP contribution in [0, 0.1) is 19.7 Å². The van der Waals surface area contributed by atoms with E-state index < -0.39 is 23.2 Å². The molecule has 3 amide bonds. The van der Waals surface area contributed by atoms with Crippen molar-refractivity contribution in [3.05, 3.63) is 80.9 Å². The summed E-state index contributed by atoms with van der Waals surface area (Å²) < 4.78 is 16.1. The van der Waals surface area contributed by atoms with Crippen molar-refractivity contribution >= 4 is 41.1 Å². The van der Waals surface area contributed by atoms with E-state index in [1.54, 1.807) is 49.2 Å². The summed E-state index contributed by atoms with van der Waals surface area (Å²) in [4.78, 5) is 54.2. The maximum Gasteiger partial charge on any atom is 0.259 e. The predicted octanol–water partition coefficient (Wildman–Crippen LogP) is 3.44. The van der Waals surface area contributed by atoms with Gasteiger partial charge in [0.2, 0.25) is 12.3 Å². The Bertz CT molecular complexity index is 1500. The second kappa shape index (κ2) is 10.5. The third kappa shape index (κ3) is 5.15. The number of aromatic nitrogens is 1. The molecular formula is C28H30FN5O4. The molecule has 1 fully saturated rings. The third-order valence-corrected chi connectivity index (χ3v) is 6.71. The van der Waals surface area contributed by atoms with Gasteiger partial charge in [-0.1, -0.05) is 18.2 Å². The molecule has 198 valence electrons. The molecule has 10 heteroatoms. The molecule has 0 radical (unpaired) electrons. The third-order valence-electron chi connectivity index (χ3n) is 6.71. The average Bonchev–Trinajstić information content (AvgIpc) is 3.72. The summed E-state index contributed by atoms with van der Waals surface area (Å²) in [6, 6.07) is 11.2. The lowest BCUT2D eigenvalue weighted by Gasteiger charge is -2.28. The molecule has 3 N–H and O–H groups in total. The second-order valence-electron chi connectivity index (χ2n) is 9.61. The van der Waals surface area contributed by atoms with Crippen molar-refractivity contribution in [3.63, 3.8) is 0 Å². The fourth-order valence-electron chi connectivity index (χ4n) is 4.49. The standard InChI is InChI=1S/C28H30FN5O4/c1-16-8-11-22(21(29)12-16)31-26-24(28(38)32(3)19-9-10-19)25(17(2)27(37)33(26)4)34(15-35)20-7-5-6-18(13-20)14-23(30)36/h5-8,11-13,15,19,31H,9-10,14H2,1-4H3,(H2,30,36). The highest BCUT2D eigenvalue weighted by Crippen LogP contribution is 2.38. The maximum atomic E-state index is 14.9. The molecule has 1 aliphatic rings. The fourth-order valence-corrected chi connectivity index (χ4v) is 4.49. The molecule has 9 nitrogen and oxygen atoms in total. The van der Waals surface area contributed by atoms with Gasteiger partial charge in [0, 0.05) is 31.4 Å². The van der Waals surface area contributed by atoms with Gasteiger partial charge in [-0.2, -0.15) is 0 Å². The Morgan fingerprint density at radius 3 is 2.50 bits per heavy atom. The molecule has 1 heterocycles. The molecular weight excluding hydrogens is 489 g/mol. The summed E-state index contributed by atoms with van der Waals surface area (Å²) in [5.41, 5.74) is 6.83. The first-order chi connectivity index (χ1) is 18.0. The minimum Gasteiger partial charge on any atom is -0.369 e. The molecule has 0 atom stereocenters. The summed E-state index contributed by atoms with van der Waals surface area (Å²) in [7, 11) is 3.15. The highest BCUT2D eigenvalue weighted by Gasteiger charge is 2.35. The number of benzene rings is 2. The van der Waals surface area contributed by atoms with Crippen LogP contribution in [0.2, 0.25) is 0 Å². The molecule has 4 rings (SSSR count). The van der Waals surface area contributed by atoms with Crippen molar-refractivity contribution in [1.82, 2.24) is 9.47 Å². The van der Waals surface area contributed by atoms with E-state index in [9.17, 15) is 23.6 Å². The number of hydrogen-bond donors (Lipinski definition) is 2. The van der Waals surface area contributed by atoms with Gasteiger partial charge >= 0.3 is 0 Å². The first-order valence-electron chi connectivity index (χ1n) is 12.2. The quantitative estimate of drug-likeness (QED) is 0.420. The summed E-state index contributed by atoms with van der Waals surface area (Å²) in [5, 5.41) is 2.94. The number of hydrogen-bond acceptors (Lipinski definition) is 5. The zero-order chi connectivity index (χ0) is 27.7. The molecule has 1 saturated carbocycles. The maximum absolute atomic E-state index is 14.9. The van der Waals surface area contributed by atoms with E-state index in [1.807, 2.05) is 0 Å². The van der Waals surface area contributed by atoms with Crippen LogP contribution in [0.4, 0.5) is 27.3 Å². The number of nitrogens with one attached hydrogen (secondary N) is 1. The largest absolute Gasteiger partial charge is 0.369 e. The smallest absolute Gasteiger partial charge is 0.259 e. The molecule has 0 bridgehead atoms. The van der Waals surface area contributed by atoms with E-state index >= 15 is 0 Å². The van der Waals surface area contributed by atoms with Gasteiger partial charge in [0.15, 0.2) is 0 Å². The predicted molar refractivity (Wildman–Crippen MR) is 143 cm³/mol. The molecule has 0 unspecified atom stereocenters.